The maximum atomic E-state index is 13.2. The van der Waals surface area contributed by atoms with Crippen LogP contribution in [0.5, 0.6) is 0 Å². The molecule has 19 nitrogen and oxygen atoms in total. The number of imidazole rings is 2. The Labute approximate surface area is 707 Å². The quantitative estimate of drug-likeness (QED) is 0.0565. The van der Waals surface area contributed by atoms with Crippen LogP contribution in [0.1, 0.15) is 264 Å². The van der Waals surface area contributed by atoms with Gasteiger partial charge in [0.2, 0.25) is 17.6 Å². The second-order valence-corrected chi connectivity index (χ2v) is 51.8. The van der Waals surface area contributed by atoms with E-state index in [1.807, 2.05) is 35.1 Å². The number of Topliss-reactive ketones (excluding diaryl/α,β-unsaturated/α-hetero) is 6. The van der Waals surface area contributed by atoms with Gasteiger partial charge in [-0.25, -0.2) is 28.4 Å². The minimum absolute atomic E-state index is 0. The van der Waals surface area contributed by atoms with Crippen molar-refractivity contribution in [2.75, 3.05) is 0 Å². The molecule has 0 aromatic carbocycles. The summed E-state index contributed by atoms with van der Waals surface area (Å²) >= 11 is 0. The smallest absolute Gasteiger partial charge is 1.00 e. The van der Waals surface area contributed by atoms with Crippen LogP contribution in [-0.4, -0.2) is 123 Å². The van der Waals surface area contributed by atoms with Crippen molar-refractivity contribution in [1.29, 1.82) is 0 Å². The summed E-state index contributed by atoms with van der Waals surface area (Å²) in [6, 6.07) is 16.6. The molecule has 617 valence electrons. The summed E-state index contributed by atoms with van der Waals surface area (Å²) in [7, 11) is -9.39. The monoisotopic (exact) mass is 1650 g/mol. The Balaban J connectivity index is 0.000000148. The number of aliphatic hydroxyl groups is 2. The van der Waals surface area contributed by atoms with Gasteiger partial charge < -0.3 is 26.2 Å². The molecule has 20 rings (SSSR count). The molecule has 14 aliphatic carbocycles. The summed E-state index contributed by atoms with van der Waals surface area (Å²) in [6.07, 6.45) is 39.4. The van der Waals surface area contributed by atoms with Gasteiger partial charge in [0.05, 0.1) is 71.1 Å². The van der Waals surface area contributed by atoms with Crippen LogP contribution in [-0.2, 0) is 45.9 Å². The van der Waals surface area contributed by atoms with E-state index < -0.39 is 36.4 Å². The first-order valence-electron chi connectivity index (χ1n) is 41.5. The number of rotatable bonds is 17. The first-order valence-corrected chi connectivity index (χ1v) is 50.6. The number of fused-ring (bicyclic) bond motifs is 10. The number of aliphatic hydroxyl groups excluding tert-OH is 2. The molecule has 6 aromatic heterocycles. The summed E-state index contributed by atoms with van der Waals surface area (Å²) in [5.41, 5.74) is 12.4. The number of carbonyl (C=O) groups is 7. The van der Waals surface area contributed by atoms with Crippen LogP contribution in [0, 0.1) is 71.0 Å². The Bertz CT molecular complexity index is 4760. The maximum absolute atomic E-state index is 13.2. The van der Waals surface area contributed by atoms with Crippen LogP contribution in [0.4, 0.5) is 13.2 Å². The minimum Gasteiger partial charge on any atom is -1.00 e. The minimum atomic E-state index is -5.09. The van der Waals surface area contributed by atoms with E-state index in [1.165, 1.54) is 49.7 Å². The predicted octanol–water partition coefficient (Wildman–Crippen LogP) is 13.9. The summed E-state index contributed by atoms with van der Waals surface area (Å²) in [6.45, 7) is 12.5. The topological polar surface area (TPSA) is 290 Å². The van der Waals surface area contributed by atoms with Crippen molar-refractivity contribution in [3.63, 3.8) is 0 Å². The number of ketones is 7. The normalized spacial score (nSPS) is 27.6. The molecule has 0 spiro atoms. The van der Waals surface area contributed by atoms with E-state index in [-0.39, 0.29) is 129 Å². The molecular formula is C89H115BF3N7NaO12SSi2. The average Bonchev–Trinajstić information content (AvgIpc) is 0.969. The van der Waals surface area contributed by atoms with Gasteiger partial charge in [0.15, 0.2) is 30.4 Å². The summed E-state index contributed by atoms with van der Waals surface area (Å²) < 4.78 is 66.3. The fourth-order valence-electron chi connectivity index (χ4n) is 19.5. The van der Waals surface area contributed by atoms with Crippen molar-refractivity contribution in [2.45, 2.75) is 256 Å². The number of hydrogen-bond acceptors (Lipinski definition) is 17. The molecule has 14 aliphatic rings. The van der Waals surface area contributed by atoms with Crippen molar-refractivity contribution in [2.24, 2.45) is 76.7 Å². The molecule has 14 unspecified atom stereocenters. The van der Waals surface area contributed by atoms with E-state index in [9.17, 15) is 65.4 Å². The van der Waals surface area contributed by atoms with Crippen LogP contribution in [0.2, 0.25) is 39.3 Å². The zero-order chi connectivity index (χ0) is 80.3. The first kappa shape index (κ1) is 90.3. The van der Waals surface area contributed by atoms with E-state index >= 15 is 0 Å². The summed E-state index contributed by atoms with van der Waals surface area (Å²) in [4.78, 5) is 102. The van der Waals surface area contributed by atoms with E-state index in [0.29, 0.717) is 90.3 Å². The number of nitrogens with zero attached hydrogens (tertiary/aromatic N) is 6. The number of pyridine rings is 4. The van der Waals surface area contributed by atoms with Gasteiger partial charge in [0.25, 0.3) is 0 Å². The standard InChI is InChI=1S/C18H22N2O2.C18H18N2O2.C18H21NO2.C17H20N2O2.C8H14OSi.C5H6O.C4H9F3O2SSi.CH4.B.Na.H/c2*21-16-7-11-5-12(16)6-15(11)18(22)17-14(10-1-2-10)4-3-13-8-19-9-20(13)17;1-2-13-5-6-14(10-3-4-10)17(19-13)18(21)15-8-12-7-11(15)9-16(12)20;18-8-12-3-4-13(9-1-2-9)16(19-12)17(21)14-6-11-5-10(14)7-15(11)20;1-10(2,3)9-8-6-4-5-7-8;6-5-3-1-2-4-5;1-11(2,3)10(8,9)4(5,6)7;;;;/h3-4,8-12,15-16,18,21-22H,1-2,5-7H2;3-4,8-12,15H,1-2,5-7H2;5-6,10-12,15H,2-4,7-9H2,1H3;3-4,9-11,14H,1-2,5-8,18H2;4,6-7H,5H2,1-3H3;1,3H,2,4H2;1-3H3;1H4;;;/q;;;;;;;;;+1;-1. The van der Waals surface area contributed by atoms with E-state index in [2.05, 4.69) is 106 Å². The van der Waals surface area contributed by atoms with Gasteiger partial charge in [-0.05, 0) is 272 Å². The van der Waals surface area contributed by atoms with Crippen LogP contribution in [0.3, 0.4) is 0 Å². The second-order valence-electron chi connectivity index (χ2n) is 36.4. The molecule has 3 radical (unpaired) electrons. The number of alkyl halides is 3. The Kier molecular flexibility index (Phi) is 28.7. The van der Waals surface area contributed by atoms with Gasteiger partial charge in [0.1, 0.15) is 28.7 Å². The van der Waals surface area contributed by atoms with Crippen molar-refractivity contribution in [1.82, 2.24) is 28.7 Å². The van der Waals surface area contributed by atoms with Crippen molar-refractivity contribution >= 4 is 84.8 Å². The number of aromatic nitrogens is 6. The van der Waals surface area contributed by atoms with Crippen LogP contribution < -0.4 is 35.3 Å². The second kappa shape index (κ2) is 36.8. The van der Waals surface area contributed by atoms with Gasteiger partial charge in [0, 0.05) is 81.8 Å². The van der Waals surface area contributed by atoms with Crippen molar-refractivity contribution < 1.29 is 101 Å². The van der Waals surface area contributed by atoms with Crippen LogP contribution >= 0.6 is 0 Å². The van der Waals surface area contributed by atoms with E-state index in [0.717, 1.165) is 172 Å². The maximum Gasteiger partial charge on any atom is 1.00 e. The Morgan fingerprint density at radius 2 is 1.06 bits per heavy atom. The molecule has 0 aliphatic heterocycles. The zero-order valence-corrected chi connectivity index (χ0v) is 72.6. The number of nitrogens with two attached hydrogens (primary N) is 1. The molecular weight excluding hydrogens is 1540 g/mol. The third kappa shape index (κ3) is 20.1. The van der Waals surface area contributed by atoms with Crippen molar-refractivity contribution in [3.05, 3.63) is 166 Å². The molecule has 116 heavy (non-hydrogen) atoms. The fourth-order valence-corrected chi connectivity index (χ4v) is 23.1. The molecule has 0 amide bonds. The van der Waals surface area contributed by atoms with Gasteiger partial charge in [-0.3, -0.25) is 38.0 Å². The number of halogens is 3. The van der Waals surface area contributed by atoms with Crippen molar-refractivity contribution in [3.8, 4) is 0 Å². The Morgan fingerprint density at radius 1 is 0.595 bits per heavy atom. The predicted molar refractivity (Wildman–Crippen MR) is 442 cm³/mol. The third-order valence-electron chi connectivity index (χ3n) is 26.1. The Morgan fingerprint density at radius 3 is 1.44 bits per heavy atom. The number of hydrogen-bond donors (Lipinski definition) is 3. The van der Waals surface area contributed by atoms with Crippen LogP contribution in [0.25, 0.3) is 11.0 Å². The molecule has 12 saturated carbocycles. The molecule has 6 aromatic rings. The van der Waals surface area contributed by atoms with Gasteiger partial charge in [-0.15, -0.1) is 0 Å². The van der Waals surface area contributed by atoms with Gasteiger partial charge in [-0.2, -0.15) is 13.2 Å². The van der Waals surface area contributed by atoms with Crippen LogP contribution in [0.15, 0.2) is 110 Å². The summed E-state index contributed by atoms with van der Waals surface area (Å²) in [5, 5.41) is 21.2. The first-order chi connectivity index (χ1) is 53.8. The van der Waals surface area contributed by atoms with Gasteiger partial charge in [-0.1, -0.05) is 70.4 Å². The third-order valence-corrected chi connectivity index (χ3v) is 34.7. The largest absolute Gasteiger partial charge is 1.00 e. The zero-order valence-electron chi connectivity index (χ0n) is 68.7. The number of aryl methyl sites for hydroxylation is 1. The average molecular weight is 1650 g/mol. The number of allylic oxidation sites excluding steroid dienone is 5. The molecule has 8 bridgehead atoms. The SMILES string of the molecule is C.CCc1ccc(C2CC2)c(C(=O)C2CC3CC2CC3=O)n1.C[Si](C)(C)OC1=CCC=C1.C[Si](C)(C)S(=O)(=O)C(F)(F)F.NCc1ccc(C2CC2)c(C(=O)C2CC3CC2CC3=O)n1.O=C1C=CCC1.O=C1CC2CC1CC2C(=O)c1c(C2CC2)ccc2cncn12.OC1CC2CC1CC2C(O)c1c(C2CC2)ccc2cncn12.[B].[H-].[Na+]. The molecule has 0 saturated heterocycles. The molecule has 14 atom stereocenters. The number of carbonyl (C=O) groups excluding carboxylic acids is 7. The molecule has 6 heterocycles. The molecule has 27 heteroatoms. The Hall–Kier alpha value is -6.49. The molecule has 4 N–H and O–H groups in total. The summed E-state index contributed by atoms with van der Waals surface area (Å²) in [5.74, 6) is 7.75. The van der Waals surface area contributed by atoms with E-state index in [4.69, 9.17) is 10.2 Å². The van der Waals surface area contributed by atoms with Gasteiger partial charge >= 0.3 is 35.1 Å². The van der Waals surface area contributed by atoms with E-state index in [1.54, 1.807) is 18.6 Å². The fraction of sp³-hybridized carbons (Fsp3) is 0.584. The molecule has 12 fully saturated rings.